The average Bonchev–Trinajstić information content (AvgIpc) is 2.48. The van der Waals surface area contributed by atoms with E-state index >= 15 is 0 Å². The normalized spacial score (nSPS) is 23.2. The maximum Gasteiger partial charge on any atom is 0.0739 e. The molecule has 0 bridgehead atoms. The van der Waals surface area contributed by atoms with Crippen LogP contribution in [0.15, 0.2) is 4.47 Å². The molecule has 1 aliphatic heterocycles. The van der Waals surface area contributed by atoms with Gasteiger partial charge in [-0.2, -0.15) is 5.10 Å². The molecule has 1 aromatic rings. The Hall–Kier alpha value is -0.390. The number of aryl methyl sites for hydroxylation is 2. The second-order valence-electron chi connectivity index (χ2n) is 5.05. The lowest BCUT2D eigenvalue weighted by molar-refractivity contribution is 0.0914. The van der Waals surface area contributed by atoms with Gasteiger partial charge in [0.05, 0.1) is 15.9 Å². The molecule has 0 aromatic carbocycles. The van der Waals surface area contributed by atoms with E-state index in [0.29, 0.717) is 6.04 Å². The summed E-state index contributed by atoms with van der Waals surface area (Å²) in [5.74, 6) is 0. The standard InChI is InChI=1S/C12H21BrN4/c1-9-7-15(3)5-6-17(9)8-11-12(13)10(2)14-16(11)4/h9H,5-8H2,1-4H3. The molecule has 0 aliphatic carbocycles. The van der Waals surface area contributed by atoms with Crippen molar-refractivity contribution in [1.82, 2.24) is 19.6 Å². The van der Waals surface area contributed by atoms with Gasteiger partial charge < -0.3 is 4.90 Å². The van der Waals surface area contributed by atoms with Crippen LogP contribution in [-0.2, 0) is 13.6 Å². The highest BCUT2D eigenvalue weighted by molar-refractivity contribution is 9.10. The zero-order valence-electron chi connectivity index (χ0n) is 11.1. The maximum absolute atomic E-state index is 4.45. The monoisotopic (exact) mass is 300 g/mol. The molecule has 2 heterocycles. The first-order chi connectivity index (χ1) is 7.99. The Morgan fingerprint density at radius 3 is 2.59 bits per heavy atom. The molecule has 4 nitrogen and oxygen atoms in total. The van der Waals surface area contributed by atoms with Gasteiger partial charge in [-0.1, -0.05) is 0 Å². The Bertz CT molecular complexity index is 401. The van der Waals surface area contributed by atoms with E-state index in [2.05, 4.69) is 44.8 Å². The van der Waals surface area contributed by atoms with Gasteiger partial charge >= 0.3 is 0 Å². The molecule has 0 spiro atoms. The molecule has 1 aliphatic rings. The highest BCUT2D eigenvalue weighted by atomic mass is 79.9. The van der Waals surface area contributed by atoms with Crippen molar-refractivity contribution in [3.05, 3.63) is 15.9 Å². The molecule has 1 aromatic heterocycles. The van der Waals surface area contributed by atoms with Crippen LogP contribution >= 0.6 is 15.9 Å². The summed E-state index contributed by atoms with van der Waals surface area (Å²) >= 11 is 3.64. The summed E-state index contributed by atoms with van der Waals surface area (Å²) in [4.78, 5) is 4.92. The first-order valence-electron chi connectivity index (χ1n) is 6.09. The number of aromatic nitrogens is 2. The highest BCUT2D eigenvalue weighted by Gasteiger charge is 2.23. The van der Waals surface area contributed by atoms with Gasteiger partial charge in [0.2, 0.25) is 0 Å². The molecule has 1 unspecified atom stereocenters. The molecular formula is C12H21BrN4. The van der Waals surface area contributed by atoms with Crippen molar-refractivity contribution in [1.29, 1.82) is 0 Å². The van der Waals surface area contributed by atoms with Crippen LogP contribution < -0.4 is 0 Å². The van der Waals surface area contributed by atoms with E-state index in [0.717, 1.165) is 36.3 Å². The predicted molar refractivity (Wildman–Crippen MR) is 73.0 cm³/mol. The number of hydrogen-bond acceptors (Lipinski definition) is 3. The van der Waals surface area contributed by atoms with Gasteiger partial charge in [0.15, 0.2) is 0 Å². The van der Waals surface area contributed by atoms with Crippen LogP contribution in [0.1, 0.15) is 18.3 Å². The van der Waals surface area contributed by atoms with Crippen molar-refractivity contribution >= 4 is 15.9 Å². The van der Waals surface area contributed by atoms with E-state index in [1.165, 1.54) is 5.69 Å². The lowest BCUT2D eigenvalue weighted by Crippen LogP contribution is -2.50. The average molecular weight is 301 g/mol. The number of rotatable bonds is 2. The summed E-state index contributed by atoms with van der Waals surface area (Å²) < 4.78 is 3.15. The third-order valence-corrected chi connectivity index (χ3v) is 4.61. The molecule has 17 heavy (non-hydrogen) atoms. The van der Waals surface area contributed by atoms with Crippen LogP contribution in [0.25, 0.3) is 0 Å². The Kier molecular flexibility index (Phi) is 3.90. The van der Waals surface area contributed by atoms with Crippen molar-refractivity contribution < 1.29 is 0 Å². The summed E-state index contributed by atoms with van der Waals surface area (Å²) in [6.45, 7) is 8.75. The second kappa shape index (κ2) is 5.08. The van der Waals surface area contributed by atoms with Gasteiger partial charge in [-0.15, -0.1) is 0 Å². The van der Waals surface area contributed by atoms with Crippen molar-refractivity contribution in [2.75, 3.05) is 26.7 Å². The number of likely N-dealkylation sites (N-methyl/N-ethyl adjacent to an activating group) is 1. The van der Waals surface area contributed by atoms with E-state index in [-0.39, 0.29) is 0 Å². The molecule has 0 N–H and O–H groups in total. The Morgan fingerprint density at radius 1 is 1.35 bits per heavy atom. The fourth-order valence-corrected chi connectivity index (χ4v) is 2.92. The first kappa shape index (κ1) is 13.1. The smallest absolute Gasteiger partial charge is 0.0739 e. The van der Waals surface area contributed by atoms with Crippen LogP contribution in [-0.4, -0.2) is 52.3 Å². The van der Waals surface area contributed by atoms with Crippen LogP contribution in [0.3, 0.4) is 0 Å². The Labute approximate surface area is 112 Å². The second-order valence-corrected chi connectivity index (χ2v) is 5.84. The van der Waals surface area contributed by atoms with Crippen LogP contribution in [0.2, 0.25) is 0 Å². The topological polar surface area (TPSA) is 24.3 Å². The third kappa shape index (κ3) is 2.72. The van der Waals surface area contributed by atoms with Crippen LogP contribution in [0.4, 0.5) is 0 Å². The Balaban J connectivity index is 2.10. The SMILES string of the molecule is Cc1nn(C)c(CN2CCN(C)CC2C)c1Br. The largest absolute Gasteiger partial charge is 0.304 e. The van der Waals surface area contributed by atoms with Gasteiger partial charge in [-0.05, 0) is 36.8 Å². The number of halogens is 1. The number of nitrogens with zero attached hydrogens (tertiary/aromatic N) is 4. The Morgan fingerprint density at radius 2 is 2.06 bits per heavy atom. The number of hydrogen-bond donors (Lipinski definition) is 0. The lowest BCUT2D eigenvalue weighted by Gasteiger charge is -2.38. The summed E-state index contributed by atoms with van der Waals surface area (Å²) in [7, 11) is 4.21. The fourth-order valence-electron chi connectivity index (χ4n) is 2.46. The summed E-state index contributed by atoms with van der Waals surface area (Å²) in [6.07, 6.45) is 0. The molecular weight excluding hydrogens is 280 g/mol. The summed E-state index contributed by atoms with van der Waals surface area (Å²) in [6, 6.07) is 0.607. The molecule has 0 saturated carbocycles. The van der Waals surface area contributed by atoms with Crippen molar-refractivity contribution in [2.24, 2.45) is 7.05 Å². The van der Waals surface area contributed by atoms with Crippen molar-refractivity contribution in [3.63, 3.8) is 0 Å². The molecule has 5 heteroatoms. The van der Waals surface area contributed by atoms with Gasteiger partial charge in [0.1, 0.15) is 0 Å². The van der Waals surface area contributed by atoms with E-state index < -0.39 is 0 Å². The van der Waals surface area contributed by atoms with Gasteiger partial charge in [0.25, 0.3) is 0 Å². The predicted octanol–water partition coefficient (Wildman–Crippen LogP) is 1.63. The summed E-state index contributed by atoms with van der Waals surface area (Å²) in [5, 5.41) is 4.45. The van der Waals surface area contributed by atoms with Gasteiger partial charge in [-0.3, -0.25) is 9.58 Å². The van der Waals surface area contributed by atoms with E-state index in [4.69, 9.17) is 0 Å². The maximum atomic E-state index is 4.45. The minimum Gasteiger partial charge on any atom is -0.304 e. The van der Waals surface area contributed by atoms with E-state index in [1.54, 1.807) is 0 Å². The molecule has 1 atom stereocenters. The first-order valence-corrected chi connectivity index (χ1v) is 6.89. The zero-order valence-corrected chi connectivity index (χ0v) is 12.7. The van der Waals surface area contributed by atoms with Gasteiger partial charge in [-0.25, -0.2) is 0 Å². The van der Waals surface area contributed by atoms with E-state index in [9.17, 15) is 0 Å². The fraction of sp³-hybridized carbons (Fsp3) is 0.750. The van der Waals surface area contributed by atoms with E-state index in [1.807, 2.05) is 18.7 Å². The van der Waals surface area contributed by atoms with Crippen LogP contribution in [0.5, 0.6) is 0 Å². The van der Waals surface area contributed by atoms with Crippen LogP contribution in [0, 0.1) is 6.92 Å². The molecule has 1 saturated heterocycles. The van der Waals surface area contributed by atoms with Crippen molar-refractivity contribution in [3.8, 4) is 0 Å². The molecule has 96 valence electrons. The minimum atomic E-state index is 0.607. The third-order valence-electron chi connectivity index (χ3n) is 3.58. The minimum absolute atomic E-state index is 0.607. The zero-order chi connectivity index (χ0) is 12.6. The molecule has 0 amide bonds. The van der Waals surface area contributed by atoms with Crippen molar-refractivity contribution in [2.45, 2.75) is 26.4 Å². The molecule has 2 rings (SSSR count). The quantitative estimate of drug-likeness (QED) is 0.830. The molecule has 0 radical (unpaired) electrons. The molecule has 1 fully saturated rings. The highest BCUT2D eigenvalue weighted by Crippen LogP contribution is 2.23. The lowest BCUT2D eigenvalue weighted by atomic mass is 10.2. The van der Waals surface area contributed by atoms with Gasteiger partial charge in [0, 0.05) is 39.3 Å². The summed E-state index contributed by atoms with van der Waals surface area (Å²) in [5.41, 5.74) is 2.35. The number of piperazine rings is 1.